The topological polar surface area (TPSA) is 84.6 Å². The van der Waals surface area contributed by atoms with E-state index in [4.69, 9.17) is 10.6 Å². The molecule has 4 N–H and O–H groups in total. The molecule has 0 saturated heterocycles. The van der Waals surface area contributed by atoms with Crippen molar-refractivity contribution in [3.63, 3.8) is 0 Å². The van der Waals surface area contributed by atoms with Crippen LogP contribution < -0.4 is 11.2 Å². The fourth-order valence-electron chi connectivity index (χ4n) is 0.631. The first-order valence-corrected chi connectivity index (χ1v) is 4.86. The molecule has 0 bridgehead atoms. The Bertz CT molecular complexity index is 112. The highest BCUT2D eigenvalue weighted by atomic mass is 31.1. The highest BCUT2D eigenvalue weighted by Gasteiger charge is 1.90. The molecule has 0 fully saturated rings. The highest BCUT2D eigenvalue weighted by molar-refractivity contribution is 7.32. The second kappa shape index (κ2) is 8.17. The molecule has 0 aliphatic rings. The zero-order valence-electron chi connectivity index (χ0n) is 6.38. The molecular formula is C5H15N2O3P. The van der Waals surface area contributed by atoms with Crippen LogP contribution in [0.4, 0.5) is 0 Å². The quantitative estimate of drug-likeness (QED) is 0.293. The summed E-state index contributed by atoms with van der Waals surface area (Å²) in [7, 11) is -2.81. The van der Waals surface area contributed by atoms with E-state index in [1.807, 2.05) is 0 Å². The van der Waals surface area contributed by atoms with Crippen LogP contribution in [0.25, 0.3) is 0 Å². The molecule has 11 heavy (non-hydrogen) atoms. The molecule has 0 amide bonds. The molecule has 0 aromatic carbocycles. The number of nitrogens with one attached hydrogen (secondary N) is 1. The normalized spacial score (nSPS) is 13.3. The Labute approximate surface area is 66.8 Å². The summed E-state index contributed by atoms with van der Waals surface area (Å²) in [6.07, 6.45) is 2.90. The van der Waals surface area contributed by atoms with E-state index in [1.54, 1.807) is 0 Å². The van der Waals surface area contributed by atoms with E-state index in [2.05, 4.69) is 10.1 Å². The summed E-state index contributed by atoms with van der Waals surface area (Å²) in [6, 6.07) is 0. The van der Waals surface area contributed by atoms with Crippen molar-refractivity contribution in [2.45, 2.75) is 19.3 Å². The summed E-state index contributed by atoms with van der Waals surface area (Å²) >= 11 is 0. The molecule has 0 heterocycles. The molecule has 0 rings (SSSR count). The van der Waals surface area contributed by atoms with Gasteiger partial charge in [-0.2, -0.15) is 5.48 Å². The van der Waals surface area contributed by atoms with Crippen LogP contribution >= 0.6 is 8.25 Å². The van der Waals surface area contributed by atoms with Gasteiger partial charge in [0.2, 0.25) is 0 Å². The first kappa shape index (κ1) is 11.1. The molecule has 0 radical (unpaired) electrons. The third-order valence-electron chi connectivity index (χ3n) is 1.14. The Morgan fingerprint density at radius 1 is 1.45 bits per heavy atom. The lowest BCUT2D eigenvalue weighted by Crippen LogP contribution is -2.12. The fourth-order valence-corrected chi connectivity index (χ4v) is 0.857. The molecule has 0 aromatic rings. The SMILES string of the molecule is NCCCCCNO[PH](=O)O. The summed E-state index contributed by atoms with van der Waals surface area (Å²) < 4.78 is 14.2. The number of rotatable bonds is 7. The van der Waals surface area contributed by atoms with Gasteiger partial charge in [-0.25, -0.2) is 4.62 Å². The van der Waals surface area contributed by atoms with Crippen LogP contribution in [0.5, 0.6) is 0 Å². The maximum absolute atomic E-state index is 9.97. The van der Waals surface area contributed by atoms with Gasteiger partial charge in [0.1, 0.15) is 0 Å². The molecule has 68 valence electrons. The molecular weight excluding hydrogens is 167 g/mol. The molecule has 1 atom stereocenters. The molecule has 0 spiro atoms. The molecule has 0 saturated carbocycles. The number of unbranched alkanes of at least 4 members (excludes halogenated alkanes) is 2. The predicted molar refractivity (Wildman–Crippen MR) is 43.2 cm³/mol. The van der Waals surface area contributed by atoms with Crippen LogP contribution in [0.1, 0.15) is 19.3 Å². The van der Waals surface area contributed by atoms with Crippen molar-refractivity contribution < 1.29 is 14.1 Å². The Morgan fingerprint density at radius 2 is 2.18 bits per heavy atom. The molecule has 0 aromatic heterocycles. The first-order valence-electron chi connectivity index (χ1n) is 3.60. The fraction of sp³-hybridized carbons (Fsp3) is 1.00. The van der Waals surface area contributed by atoms with Crippen LogP contribution in [0, 0.1) is 0 Å². The maximum Gasteiger partial charge on any atom is 0.332 e. The lowest BCUT2D eigenvalue weighted by molar-refractivity contribution is 0.180. The maximum atomic E-state index is 9.97. The molecule has 0 aliphatic carbocycles. The number of hydroxylamine groups is 1. The van der Waals surface area contributed by atoms with Crippen LogP contribution in [0.3, 0.4) is 0 Å². The predicted octanol–water partition coefficient (Wildman–Crippen LogP) is 0.0186. The van der Waals surface area contributed by atoms with Gasteiger partial charge < -0.3 is 10.6 Å². The number of nitrogens with two attached hydrogens (primary N) is 1. The average Bonchev–Trinajstić information content (AvgIpc) is 1.96. The van der Waals surface area contributed by atoms with Crippen molar-refractivity contribution in [3.05, 3.63) is 0 Å². The van der Waals surface area contributed by atoms with Crippen molar-refractivity contribution in [2.24, 2.45) is 5.73 Å². The van der Waals surface area contributed by atoms with Crippen molar-refractivity contribution in [1.29, 1.82) is 0 Å². The van der Waals surface area contributed by atoms with E-state index in [9.17, 15) is 4.57 Å². The van der Waals surface area contributed by atoms with Gasteiger partial charge in [0, 0.05) is 6.54 Å². The first-order chi connectivity index (χ1) is 5.27. The minimum Gasteiger partial charge on any atom is -0.330 e. The summed E-state index contributed by atoms with van der Waals surface area (Å²) in [6.45, 7) is 1.29. The van der Waals surface area contributed by atoms with Crippen molar-refractivity contribution >= 4 is 8.25 Å². The van der Waals surface area contributed by atoms with Gasteiger partial charge in [-0.05, 0) is 19.4 Å². The second-order valence-corrected chi connectivity index (χ2v) is 2.85. The van der Waals surface area contributed by atoms with Gasteiger partial charge in [-0.1, -0.05) is 6.42 Å². The third kappa shape index (κ3) is 10.1. The molecule has 1 unspecified atom stereocenters. The Balaban J connectivity index is 2.85. The van der Waals surface area contributed by atoms with Gasteiger partial charge in [-0.3, -0.25) is 4.57 Å². The monoisotopic (exact) mass is 182 g/mol. The summed E-state index contributed by atoms with van der Waals surface area (Å²) in [5.74, 6) is 0. The summed E-state index contributed by atoms with van der Waals surface area (Å²) in [5, 5.41) is 0. The van der Waals surface area contributed by atoms with Gasteiger partial charge in [0.25, 0.3) is 0 Å². The van der Waals surface area contributed by atoms with E-state index in [0.29, 0.717) is 13.1 Å². The standard InChI is InChI=1S/C5H15N2O3P/c6-4-2-1-3-5-7-10-11(8)9/h7,11H,1-6H2,(H,8,9). The average molecular weight is 182 g/mol. The van der Waals surface area contributed by atoms with Crippen LogP contribution in [0.2, 0.25) is 0 Å². The van der Waals surface area contributed by atoms with E-state index in [-0.39, 0.29) is 0 Å². The Kier molecular flexibility index (Phi) is 8.22. The second-order valence-electron chi connectivity index (χ2n) is 2.11. The summed E-state index contributed by atoms with van der Waals surface area (Å²) in [4.78, 5) is 8.20. The largest absolute Gasteiger partial charge is 0.332 e. The molecule has 6 heteroatoms. The van der Waals surface area contributed by atoms with Gasteiger partial charge in [-0.15, -0.1) is 0 Å². The van der Waals surface area contributed by atoms with Gasteiger partial charge in [0.05, 0.1) is 0 Å². The minimum absolute atomic E-state index is 0.594. The number of hydrogen-bond acceptors (Lipinski definition) is 4. The van der Waals surface area contributed by atoms with Gasteiger partial charge in [0.15, 0.2) is 0 Å². The van der Waals surface area contributed by atoms with Gasteiger partial charge >= 0.3 is 8.25 Å². The lowest BCUT2D eigenvalue weighted by atomic mass is 10.2. The lowest BCUT2D eigenvalue weighted by Gasteiger charge is -2.00. The molecule has 0 aliphatic heterocycles. The smallest absolute Gasteiger partial charge is 0.330 e. The minimum atomic E-state index is -2.81. The Morgan fingerprint density at radius 3 is 2.73 bits per heavy atom. The van der Waals surface area contributed by atoms with Crippen LogP contribution in [-0.4, -0.2) is 18.0 Å². The van der Waals surface area contributed by atoms with Crippen molar-refractivity contribution in [3.8, 4) is 0 Å². The summed E-state index contributed by atoms with van der Waals surface area (Å²) in [5.41, 5.74) is 7.64. The van der Waals surface area contributed by atoms with E-state index in [1.165, 1.54) is 0 Å². The zero-order valence-corrected chi connectivity index (χ0v) is 7.38. The van der Waals surface area contributed by atoms with Crippen LogP contribution in [0.15, 0.2) is 0 Å². The van der Waals surface area contributed by atoms with E-state index in [0.717, 1.165) is 19.3 Å². The van der Waals surface area contributed by atoms with E-state index >= 15 is 0 Å². The van der Waals surface area contributed by atoms with Crippen molar-refractivity contribution in [1.82, 2.24) is 5.48 Å². The highest BCUT2D eigenvalue weighted by Crippen LogP contribution is 2.10. The zero-order chi connectivity index (χ0) is 8.53. The number of hydrogen-bond donors (Lipinski definition) is 3. The third-order valence-corrected chi connectivity index (χ3v) is 1.46. The van der Waals surface area contributed by atoms with E-state index < -0.39 is 8.25 Å². The van der Waals surface area contributed by atoms with Crippen molar-refractivity contribution in [2.75, 3.05) is 13.1 Å². The Hall–Kier alpha value is 0.0700. The van der Waals surface area contributed by atoms with Crippen LogP contribution in [-0.2, 0) is 9.19 Å². The molecule has 5 nitrogen and oxygen atoms in total.